The first-order valence-corrected chi connectivity index (χ1v) is 8.34. The molecule has 0 bridgehead atoms. The van der Waals surface area contributed by atoms with E-state index < -0.39 is 0 Å². The van der Waals surface area contributed by atoms with Crippen molar-refractivity contribution in [3.05, 3.63) is 52.6 Å². The molecular weight excluding hydrogens is 320 g/mol. The molecule has 8 nitrogen and oxygen atoms in total. The van der Waals surface area contributed by atoms with Crippen molar-refractivity contribution in [2.24, 2.45) is 0 Å². The Morgan fingerprint density at radius 3 is 3.04 bits per heavy atom. The maximum atomic E-state index is 12.2. The predicted molar refractivity (Wildman–Crippen MR) is 92.2 cm³/mol. The van der Waals surface area contributed by atoms with Crippen molar-refractivity contribution < 1.29 is 4.74 Å². The number of nitrogens with zero attached hydrogens (tertiary/aromatic N) is 4. The number of aromatic amines is 2. The zero-order valence-corrected chi connectivity index (χ0v) is 14.0. The summed E-state index contributed by atoms with van der Waals surface area (Å²) in [5.41, 5.74) is 0.632. The van der Waals surface area contributed by atoms with E-state index in [1.807, 2.05) is 18.2 Å². The molecule has 2 aromatic heterocycles. The van der Waals surface area contributed by atoms with Crippen LogP contribution in [0.15, 0.2) is 35.4 Å². The lowest BCUT2D eigenvalue weighted by atomic mass is 10.2. The van der Waals surface area contributed by atoms with E-state index in [0.717, 1.165) is 30.9 Å². The van der Waals surface area contributed by atoms with Crippen molar-refractivity contribution in [1.82, 2.24) is 30.0 Å². The van der Waals surface area contributed by atoms with E-state index in [9.17, 15) is 4.79 Å². The van der Waals surface area contributed by atoms with Crippen molar-refractivity contribution in [3.8, 4) is 0 Å². The minimum atomic E-state index is -0.0939. The number of nitrogens with one attached hydrogen (secondary N) is 2. The third kappa shape index (κ3) is 3.18. The number of aromatic nitrogens is 5. The molecule has 1 aliphatic heterocycles. The lowest BCUT2D eigenvalue weighted by Crippen LogP contribution is -2.29. The molecule has 3 heterocycles. The third-order valence-corrected chi connectivity index (χ3v) is 4.75. The van der Waals surface area contributed by atoms with Gasteiger partial charge in [0, 0.05) is 26.6 Å². The molecule has 2 atom stereocenters. The van der Waals surface area contributed by atoms with Gasteiger partial charge in [0.2, 0.25) is 0 Å². The van der Waals surface area contributed by atoms with Crippen molar-refractivity contribution in [2.45, 2.75) is 25.0 Å². The van der Waals surface area contributed by atoms with Crippen LogP contribution in [0.4, 0.5) is 0 Å². The van der Waals surface area contributed by atoms with Gasteiger partial charge in [-0.05, 0) is 18.6 Å². The van der Waals surface area contributed by atoms with E-state index >= 15 is 0 Å². The minimum absolute atomic E-state index is 0.0939. The summed E-state index contributed by atoms with van der Waals surface area (Å²) in [6.07, 6.45) is 3.21. The number of hydrogen-bond acceptors (Lipinski definition) is 6. The molecule has 130 valence electrons. The van der Waals surface area contributed by atoms with E-state index in [1.54, 1.807) is 13.2 Å². The number of para-hydroxylation sites is 1. The van der Waals surface area contributed by atoms with Gasteiger partial charge in [0.15, 0.2) is 0 Å². The van der Waals surface area contributed by atoms with Gasteiger partial charge in [0.25, 0.3) is 5.56 Å². The summed E-state index contributed by atoms with van der Waals surface area (Å²) in [7, 11) is 1.73. The molecule has 2 N–H and O–H groups in total. The quantitative estimate of drug-likeness (QED) is 0.720. The molecular formula is C17H20N6O2. The molecule has 0 aliphatic carbocycles. The lowest BCUT2D eigenvalue weighted by Gasteiger charge is -2.21. The molecule has 1 saturated heterocycles. The van der Waals surface area contributed by atoms with Gasteiger partial charge < -0.3 is 9.72 Å². The topological polar surface area (TPSA) is 99.8 Å². The highest BCUT2D eigenvalue weighted by Gasteiger charge is 2.34. The molecule has 8 heteroatoms. The molecule has 0 saturated carbocycles. The highest BCUT2D eigenvalue weighted by Crippen LogP contribution is 2.31. The Kier molecular flexibility index (Phi) is 4.29. The average molecular weight is 340 g/mol. The zero-order valence-electron chi connectivity index (χ0n) is 14.0. The second kappa shape index (κ2) is 6.73. The molecule has 1 aromatic carbocycles. The number of benzene rings is 1. The normalized spacial score (nSPS) is 21.2. The summed E-state index contributed by atoms with van der Waals surface area (Å²) in [5.74, 6) is 1.54. The van der Waals surface area contributed by atoms with Crippen LogP contribution >= 0.6 is 0 Å². The summed E-state index contributed by atoms with van der Waals surface area (Å²) in [6.45, 7) is 1.58. The van der Waals surface area contributed by atoms with E-state index in [0.29, 0.717) is 17.6 Å². The Bertz CT molecular complexity index is 907. The number of ether oxygens (including phenoxy) is 1. The van der Waals surface area contributed by atoms with Gasteiger partial charge in [0.1, 0.15) is 18.0 Å². The number of likely N-dealkylation sites (tertiary alicyclic amines) is 1. The van der Waals surface area contributed by atoms with Gasteiger partial charge in [0.05, 0.1) is 23.0 Å². The van der Waals surface area contributed by atoms with Crippen molar-refractivity contribution in [2.75, 3.05) is 20.2 Å². The maximum Gasteiger partial charge on any atom is 0.258 e. The molecule has 0 radical (unpaired) electrons. The molecule has 3 aromatic rings. The Balaban J connectivity index is 1.52. The smallest absolute Gasteiger partial charge is 0.258 e. The highest BCUT2D eigenvalue weighted by molar-refractivity contribution is 5.77. The molecule has 1 aliphatic rings. The van der Waals surface area contributed by atoms with Crippen LogP contribution in [0.5, 0.6) is 0 Å². The van der Waals surface area contributed by atoms with E-state index in [1.165, 1.54) is 6.33 Å². The number of H-pyrrole nitrogens is 2. The highest BCUT2D eigenvalue weighted by atomic mass is 16.5. The van der Waals surface area contributed by atoms with Crippen LogP contribution < -0.4 is 5.56 Å². The van der Waals surface area contributed by atoms with Crippen molar-refractivity contribution in [1.29, 1.82) is 0 Å². The second-order valence-corrected chi connectivity index (χ2v) is 6.25. The maximum absolute atomic E-state index is 12.2. The van der Waals surface area contributed by atoms with Gasteiger partial charge in [-0.15, -0.1) is 0 Å². The van der Waals surface area contributed by atoms with E-state index in [-0.39, 0.29) is 17.7 Å². The van der Waals surface area contributed by atoms with Crippen LogP contribution in [0.3, 0.4) is 0 Å². The number of methoxy groups -OCH3 is 1. The molecule has 0 amide bonds. The number of hydrogen-bond donors (Lipinski definition) is 2. The van der Waals surface area contributed by atoms with Gasteiger partial charge in [-0.25, -0.2) is 9.97 Å². The fraction of sp³-hybridized carbons (Fsp3) is 0.412. The van der Waals surface area contributed by atoms with Gasteiger partial charge in [-0.3, -0.25) is 14.8 Å². The van der Waals surface area contributed by atoms with Crippen LogP contribution in [0.2, 0.25) is 0 Å². The first kappa shape index (κ1) is 15.9. The molecule has 0 spiro atoms. The largest absolute Gasteiger partial charge is 0.380 e. The fourth-order valence-corrected chi connectivity index (χ4v) is 3.44. The Labute approximate surface area is 144 Å². The van der Waals surface area contributed by atoms with Crippen molar-refractivity contribution >= 4 is 10.9 Å². The van der Waals surface area contributed by atoms with E-state index in [4.69, 9.17) is 4.74 Å². The first-order valence-electron chi connectivity index (χ1n) is 8.34. The molecule has 4 rings (SSSR count). The molecule has 0 unspecified atom stereocenters. The second-order valence-electron chi connectivity index (χ2n) is 6.25. The SMILES string of the molecule is CO[C@@H]1C[C@@H](c2ncn[nH]2)N(CCc2nc3ccccc3c(=O)[nH]2)C1. The molecule has 25 heavy (non-hydrogen) atoms. The summed E-state index contributed by atoms with van der Waals surface area (Å²) < 4.78 is 5.52. The van der Waals surface area contributed by atoms with E-state index in [2.05, 4.69) is 30.0 Å². The van der Waals surface area contributed by atoms with Crippen molar-refractivity contribution in [3.63, 3.8) is 0 Å². The lowest BCUT2D eigenvalue weighted by molar-refractivity contribution is 0.108. The van der Waals surface area contributed by atoms with Crippen LogP contribution in [0.25, 0.3) is 10.9 Å². The number of fused-ring (bicyclic) bond motifs is 1. The Hall–Kier alpha value is -2.58. The van der Waals surface area contributed by atoms with Crippen LogP contribution in [0.1, 0.15) is 24.1 Å². The standard InChI is InChI=1S/C17H20N6O2/c1-25-11-8-14(16-18-10-19-22-16)23(9-11)7-6-15-20-13-5-3-2-4-12(13)17(24)21-15/h2-5,10-11,14H,6-9H2,1H3,(H,18,19,22)(H,20,21,24)/t11-,14+/m1/s1. The Morgan fingerprint density at radius 2 is 2.24 bits per heavy atom. The summed E-state index contributed by atoms with van der Waals surface area (Å²) in [4.78, 5) is 26.2. The fourth-order valence-electron chi connectivity index (χ4n) is 3.44. The number of rotatable bonds is 5. The molecule has 1 fully saturated rings. The predicted octanol–water partition coefficient (Wildman–Crippen LogP) is 1.05. The van der Waals surface area contributed by atoms with Crippen LogP contribution in [0, 0.1) is 0 Å². The summed E-state index contributed by atoms with van der Waals surface area (Å²) >= 11 is 0. The Morgan fingerprint density at radius 1 is 1.36 bits per heavy atom. The monoisotopic (exact) mass is 340 g/mol. The van der Waals surface area contributed by atoms with Crippen LogP contribution in [-0.2, 0) is 11.2 Å². The van der Waals surface area contributed by atoms with Crippen LogP contribution in [-0.4, -0.2) is 56.4 Å². The summed E-state index contributed by atoms with van der Waals surface area (Å²) in [6, 6.07) is 7.52. The summed E-state index contributed by atoms with van der Waals surface area (Å²) in [5, 5.41) is 7.52. The van der Waals surface area contributed by atoms with Gasteiger partial charge >= 0.3 is 0 Å². The average Bonchev–Trinajstić information content (AvgIpc) is 3.29. The van der Waals surface area contributed by atoms with Gasteiger partial charge in [-0.2, -0.15) is 5.10 Å². The zero-order chi connectivity index (χ0) is 17.2. The third-order valence-electron chi connectivity index (χ3n) is 4.75. The van der Waals surface area contributed by atoms with Gasteiger partial charge in [-0.1, -0.05) is 12.1 Å². The minimum Gasteiger partial charge on any atom is -0.380 e. The first-order chi connectivity index (χ1) is 12.2.